The molecule has 0 bridgehead atoms. The number of aliphatic imine (C=N–C) groups is 1. The number of hydrogen-bond donors (Lipinski definition) is 1. The van der Waals surface area contributed by atoms with Gasteiger partial charge in [0.2, 0.25) is 10.0 Å². The molecule has 1 aliphatic rings. The largest absolute Gasteiger partial charge is 0.471 e. The number of benzene rings is 2. The first kappa shape index (κ1) is 18.6. The van der Waals surface area contributed by atoms with E-state index in [1.807, 2.05) is 30.3 Å². The Morgan fingerprint density at radius 2 is 1.73 bits per heavy atom. The third-order valence-corrected chi connectivity index (χ3v) is 5.55. The molecule has 138 valence electrons. The average molecular weight is 374 g/mol. The van der Waals surface area contributed by atoms with E-state index in [-0.39, 0.29) is 23.6 Å². The van der Waals surface area contributed by atoms with Gasteiger partial charge in [-0.25, -0.2) is 18.1 Å². The van der Waals surface area contributed by atoms with Crippen LogP contribution >= 0.6 is 0 Å². The number of methoxy groups -OCH3 is 1. The summed E-state index contributed by atoms with van der Waals surface area (Å²) in [6.45, 7) is 0.663. The zero-order valence-corrected chi connectivity index (χ0v) is 15.4. The van der Waals surface area contributed by atoms with Gasteiger partial charge < -0.3 is 9.47 Å². The van der Waals surface area contributed by atoms with Crippen LogP contribution in [0.15, 0.2) is 70.6 Å². The summed E-state index contributed by atoms with van der Waals surface area (Å²) in [5.41, 5.74) is 1.03. The Morgan fingerprint density at radius 3 is 2.38 bits per heavy atom. The van der Waals surface area contributed by atoms with Crippen LogP contribution in [0, 0.1) is 0 Å². The van der Waals surface area contributed by atoms with Crippen molar-refractivity contribution in [1.29, 1.82) is 0 Å². The van der Waals surface area contributed by atoms with Gasteiger partial charge in [-0.1, -0.05) is 48.5 Å². The Kier molecular flexibility index (Phi) is 6.03. The van der Waals surface area contributed by atoms with E-state index in [2.05, 4.69) is 9.71 Å². The minimum atomic E-state index is -3.53. The van der Waals surface area contributed by atoms with E-state index >= 15 is 0 Å². The minimum Gasteiger partial charge on any atom is -0.471 e. The molecule has 0 fully saturated rings. The Balaban J connectivity index is 1.61. The molecule has 1 aliphatic heterocycles. The summed E-state index contributed by atoms with van der Waals surface area (Å²) in [5.74, 6) is 0.539. The molecular weight excluding hydrogens is 352 g/mol. The zero-order chi connectivity index (χ0) is 18.4. The molecule has 3 rings (SSSR count). The van der Waals surface area contributed by atoms with Crippen molar-refractivity contribution in [3.63, 3.8) is 0 Å². The van der Waals surface area contributed by atoms with Crippen LogP contribution in [0.5, 0.6) is 0 Å². The second kappa shape index (κ2) is 8.44. The summed E-state index contributed by atoms with van der Waals surface area (Å²) < 4.78 is 38.3. The molecule has 1 N–H and O–H groups in total. The van der Waals surface area contributed by atoms with Gasteiger partial charge in [0, 0.05) is 20.1 Å². The molecule has 7 heteroatoms. The molecule has 6 nitrogen and oxygen atoms in total. The van der Waals surface area contributed by atoms with Crippen LogP contribution < -0.4 is 4.72 Å². The lowest BCUT2D eigenvalue weighted by molar-refractivity contribution is 0.119. The molecule has 0 unspecified atom stereocenters. The second-order valence-corrected chi connectivity index (χ2v) is 7.72. The average Bonchev–Trinajstić information content (AvgIpc) is 3.06. The summed E-state index contributed by atoms with van der Waals surface area (Å²) in [6, 6.07) is 18.0. The number of sulfonamides is 1. The topological polar surface area (TPSA) is 77.0 Å². The first-order valence-corrected chi connectivity index (χ1v) is 9.90. The molecule has 1 heterocycles. The SMILES string of the molecule is COC[C@@H]1N=C(CCNS(=O)(=O)c2ccccc2)O[C@H]1c1ccccc1. The molecule has 26 heavy (non-hydrogen) atoms. The fourth-order valence-electron chi connectivity index (χ4n) is 2.84. The van der Waals surface area contributed by atoms with Crippen LogP contribution in [-0.4, -0.2) is 40.6 Å². The van der Waals surface area contributed by atoms with Crippen LogP contribution in [0.2, 0.25) is 0 Å². The van der Waals surface area contributed by atoms with Gasteiger partial charge in [0.25, 0.3) is 0 Å². The highest BCUT2D eigenvalue weighted by Crippen LogP contribution is 2.30. The monoisotopic (exact) mass is 374 g/mol. The highest BCUT2D eigenvalue weighted by atomic mass is 32.2. The Morgan fingerprint density at radius 1 is 1.08 bits per heavy atom. The molecule has 0 aromatic heterocycles. The van der Waals surface area contributed by atoms with E-state index in [9.17, 15) is 8.42 Å². The summed E-state index contributed by atoms with van der Waals surface area (Å²) in [4.78, 5) is 4.81. The van der Waals surface area contributed by atoms with Gasteiger partial charge in [0.15, 0.2) is 5.90 Å². The zero-order valence-electron chi connectivity index (χ0n) is 14.5. The summed E-state index contributed by atoms with van der Waals surface area (Å²) in [7, 11) is -1.90. The van der Waals surface area contributed by atoms with Crippen LogP contribution in [-0.2, 0) is 19.5 Å². The van der Waals surface area contributed by atoms with Crippen molar-refractivity contribution in [1.82, 2.24) is 4.72 Å². The van der Waals surface area contributed by atoms with E-state index < -0.39 is 10.0 Å². The normalized spacial score (nSPS) is 19.8. The van der Waals surface area contributed by atoms with E-state index in [1.165, 1.54) is 0 Å². The Labute approximate surface area is 153 Å². The molecule has 0 amide bonds. The van der Waals surface area contributed by atoms with Crippen molar-refractivity contribution in [2.75, 3.05) is 20.3 Å². The van der Waals surface area contributed by atoms with Crippen LogP contribution in [0.1, 0.15) is 18.1 Å². The first-order chi connectivity index (χ1) is 12.6. The first-order valence-electron chi connectivity index (χ1n) is 8.42. The lowest BCUT2D eigenvalue weighted by atomic mass is 10.0. The lowest BCUT2D eigenvalue weighted by Gasteiger charge is -2.17. The lowest BCUT2D eigenvalue weighted by Crippen LogP contribution is -2.26. The quantitative estimate of drug-likeness (QED) is 0.770. The number of nitrogens with one attached hydrogen (secondary N) is 1. The van der Waals surface area contributed by atoms with Crippen LogP contribution in [0.25, 0.3) is 0 Å². The fourth-order valence-corrected chi connectivity index (χ4v) is 3.89. The standard InChI is InChI=1S/C19H22N2O4S/c1-24-14-17-19(15-8-4-2-5-9-15)25-18(21-17)12-13-20-26(22,23)16-10-6-3-7-11-16/h2-11,17,19-20H,12-14H2,1H3/t17-,19-/m0/s1. The number of nitrogens with zero attached hydrogens (tertiary/aromatic N) is 1. The highest BCUT2D eigenvalue weighted by molar-refractivity contribution is 7.89. The van der Waals surface area contributed by atoms with Gasteiger partial charge >= 0.3 is 0 Å². The molecule has 2 aromatic carbocycles. The molecule has 0 saturated carbocycles. The maximum atomic E-state index is 12.2. The number of hydrogen-bond acceptors (Lipinski definition) is 5. The number of rotatable bonds is 8. The molecule has 0 spiro atoms. The van der Waals surface area contributed by atoms with Gasteiger partial charge in [-0.3, -0.25) is 0 Å². The third-order valence-electron chi connectivity index (χ3n) is 4.07. The minimum absolute atomic E-state index is 0.136. The van der Waals surface area contributed by atoms with Crippen molar-refractivity contribution < 1.29 is 17.9 Å². The highest BCUT2D eigenvalue weighted by Gasteiger charge is 2.32. The van der Waals surface area contributed by atoms with Gasteiger partial charge in [0.1, 0.15) is 12.1 Å². The molecular formula is C19H22N2O4S. The van der Waals surface area contributed by atoms with Gasteiger partial charge in [-0.2, -0.15) is 0 Å². The van der Waals surface area contributed by atoms with Crippen molar-refractivity contribution in [2.45, 2.75) is 23.5 Å². The maximum Gasteiger partial charge on any atom is 0.240 e. The number of ether oxygens (including phenoxy) is 2. The predicted octanol–water partition coefficient (Wildman–Crippen LogP) is 2.54. The molecule has 0 radical (unpaired) electrons. The van der Waals surface area contributed by atoms with Crippen molar-refractivity contribution >= 4 is 15.9 Å². The van der Waals surface area contributed by atoms with E-state index in [4.69, 9.17) is 9.47 Å². The summed E-state index contributed by atoms with van der Waals surface area (Å²) >= 11 is 0. The van der Waals surface area contributed by atoms with Gasteiger partial charge in [-0.05, 0) is 17.7 Å². The third kappa shape index (κ3) is 4.49. The molecule has 2 aromatic rings. The fraction of sp³-hybridized carbons (Fsp3) is 0.316. The van der Waals surface area contributed by atoms with Crippen molar-refractivity contribution in [3.05, 3.63) is 66.2 Å². The smallest absolute Gasteiger partial charge is 0.240 e. The van der Waals surface area contributed by atoms with E-state index in [0.717, 1.165) is 5.56 Å². The van der Waals surface area contributed by atoms with E-state index in [0.29, 0.717) is 18.9 Å². The summed E-state index contributed by atoms with van der Waals surface area (Å²) in [5, 5.41) is 0. The van der Waals surface area contributed by atoms with Gasteiger partial charge in [-0.15, -0.1) is 0 Å². The second-order valence-electron chi connectivity index (χ2n) is 5.96. The summed E-state index contributed by atoms with van der Waals surface area (Å²) in [6.07, 6.45) is 0.173. The van der Waals surface area contributed by atoms with Crippen LogP contribution in [0.3, 0.4) is 0 Å². The van der Waals surface area contributed by atoms with Gasteiger partial charge in [0.05, 0.1) is 11.5 Å². The van der Waals surface area contributed by atoms with Crippen molar-refractivity contribution in [2.24, 2.45) is 4.99 Å². The van der Waals surface area contributed by atoms with E-state index in [1.54, 1.807) is 37.4 Å². The Bertz CT molecular complexity index is 838. The molecule has 2 atom stereocenters. The molecule has 0 saturated heterocycles. The van der Waals surface area contributed by atoms with Crippen LogP contribution in [0.4, 0.5) is 0 Å². The van der Waals surface area contributed by atoms with Crippen molar-refractivity contribution in [3.8, 4) is 0 Å². The Hall–Kier alpha value is -2.22. The predicted molar refractivity (Wildman–Crippen MR) is 99.6 cm³/mol. The maximum absolute atomic E-state index is 12.2. The molecule has 0 aliphatic carbocycles.